The number of amides is 1. The summed E-state index contributed by atoms with van der Waals surface area (Å²) in [7, 11) is 1.46. The molecule has 0 bridgehead atoms. The Hall–Kier alpha value is -3.87. The standard InChI is InChI=1S/C28H31F4N5O4/c1-17-4-6-20(7-5-17)27(39)37(18(2)16-40-3)23-8-9-24(25(29)21(23)15-38)41-26-22(28(30,31)32)12-19(13-33-26)14-36-34-10-11-35-36/h8-13,15,17-18,20H,4-7,14,16H2,1-3H3/t17?,18-,20?/m0/s1. The summed E-state index contributed by atoms with van der Waals surface area (Å²) in [6.07, 6.45) is 2.31. The second-order valence-corrected chi connectivity index (χ2v) is 10.3. The van der Waals surface area contributed by atoms with Gasteiger partial charge in [-0.15, -0.1) is 0 Å². The molecule has 0 radical (unpaired) electrons. The molecule has 9 nitrogen and oxygen atoms in total. The van der Waals surface area contributed by atoms with Crippen LogP contribution < -0.4 is 9.64 Å². The van der Waals surface area contributed by atoms with Crippen LogP contribution in [0.4, 0.5) is 23.2 Å². The van der Waals surface area contributed by atoms with E-state index >= 15 is 4.39 Å². The zero-order valence-corrected chi connectivity index (χ0v) is 22.9. The molecule has 13 heteroatoms. The van der Waals surface area contributed by atoms with Gasteiger partial charge in [-0.05, 0) is 62.3 Å². The van der Waals surface area contributed by atoms with Crippen molar-refractivity contribution in [2.75, 3.05) is 18.6 Å². The van der Waals surface area contributed by atoms with E-state index in [1.54, 1.807) is 6.92 Å². The Morgan fingerprint density at radius 1 is 1.20 bits per heavy atom. The Kier molecular flexibility index (Phi) is 9.36. The van der Waals surface area contributed by atoms with Crippen molar-refractivity contribution in [1.29, 1.82) is 0 Å². The number of halogens is 4. The number of ether oxygens (including phenoxy) is 2. The molecule has 220 valence electrons. The maximum Gasteiger partial charge on any atom is 0.421 e. The topological polar surface area (TPSA) is 99.4 Å². The largest absolute Gasteiger partial charge is 0.435 e. The minimum absolute atomic E-state index is 0.0101. The van der Waals surface area contributed by atoms with Crippen molar-refractivity contribution in [2.45, 2.75) is 58.3 Å². The number of carbonyl (C=O) groups excluding carboxylic acids is 2. The SMILES string of the molecule is COC[C@H](C)N(C(=O)C1CCC(C)CC1)c1ccc(Oc2ncc(Cn3nccn3)cc2C(F)(F)F)c(F)c1C=O. The molecule has 1 saturated carbocycles. The first-order valence-electron chi connectivity index (χ1n) is 13.2. The first-order valence-corrected chi connectivity index (χ1v) is 13.2. The number of aromatic nitrogens is 4. The minimum atomic E-state index is -4.88. The third-order valence-electron chi connectivity index (χ3n) is 7.16. The second kappa shape index (κ2) is 12.8. The number of pyridine rings is 1. The molecule has 1 aliphatic carbocycles. The first kappa shape index (κ1) is 30.1. The number of methoxy groups -OCH3 is 1. The maximum atomic E-state index is 15.7. The van der Waals surface area contributed by atoms with Crippen LogP contribution in [0, 0.1) is 17.7 Å². The van der Waals surface area contributed by atoms with Gasteiger partial charge in [-0.2, -0.15) is 28.2 Å². The van der Waals surface area contributed by atoms with E-state index in [0.717, 1.165) is 31.2 Å². The zero-order valence-electron chi connectivity index (χ0n) is 22.9. The third kappa shape index (κ3) is 6.89. The van der Waals surface area contributed by atoms with Gasteiger partial charge in [-0.1, -0.05) is 6.92 Å². The van der Waals surface area contributed by atoms with Gasteiger partial charge in [0.25, 0.3) is 0 Å². The summed E-state index contributed by atoms with van der Waals surface area (Å²) >= 11 is 0. The molecule has 0 N–H and O–H groups in total. The highest BCUT2D eigenvalue weighted by molar-refractivity contribution is 6.00. The van der Waals surface area contributed by atoms with Gasteiger partial charge in [0.15, 0.2) is 17.9 Å². The van der Waals surface area contributed by atoms with Crippen molar-refractivity contribution in [3.63, 3.8) is 0 Å². The Labute approximate surface area is 234 Å². The number of nitrogens with zero attached hydrogens (tertiary/aromatic N) is 5. The Morgan fingerprint density at radius 2 is 1.88 bits per heavy atom. The third-order valence-corrected chi connectivity index (χ3v) is 7.16. The van der Waals surface area contributed by atoms with Crippen LogP contribution in [0.15, 0.2) is 36.8 Å². The van der Waals surface area contributed by atoms with Gasteiger partial charge >= 0.3 is 6.18 Å². The number of anilines is 1. The van der Waals surface area contributed by atoms with Gasteiger partial charge in [-0.25, -0.2) is 9.37 Å². The van der Waals surface area contributed by atoms with Crippen molar-refractivity contribution in [1.82, 2.24) is 20.0 Å². The highest BCUT2D eigenvalue weighted by atomic mass is 19.4. The number of aldehydes is 1. The normalized spacial score (nSPS) is 18.1. The molecule has 1 aromatic carbocycles. The van der Waals surface area contributed by atoms with E-state index in [1.165, 1.54) is 35.3 Å². The van der Waals surface area contributed by atoms with Gasteiger partial charge in [-0.3, -0.25) is 9.59 Å². The van der Waals surface area contributed by atoms with Crippen molar-refractivity contribution >= 4 is 17.9 Å². The summed E-state index contributed by atoms with van der Waals surface area (Å²) in [5.41, 5.74) is -1.62. The van der Waals surface area contributed by atoms with E-state index in [1.807, 2.05) is 0 Å². The summed E-state index contributed by atoms with van der Waals surface area (Å²) in [6.45, 7) is 3.87. The smallest absolute Gasteiger partial charge is 0.421 e. The Balaban J connectivity index is 1.68. The second-order valence-electron chi connectivity index (χ2n) is 10.3. The van der Waals surface area contributed by atoms with E-state index in [-0.39, 0.29) is 42.5 Å². The molecule has 1 aliphatic rings. The average molecular weight is 578 g/mol. The number of hydrogen-bond acceptors (Lipinski definition) is 7. The van der Waals surface area contributed by atoms with E-state index < -0.39 is 40.8 Å². The highest BCUT2D eigenvalue weighted by Gasteiger charge is 2.37. The number of carbonyl (C=O) groups is 2. The first-order chi connectivity index (χ1) is 19.5. The number of alkyl halides is 3. The van der Waals surface area contributed by atoms with Crippen molar-refractivity contribution in [2.24, 2.45) is 11.8 Å². The molecule has 1 atom stereocenters. The molecule has 2 heterocycles. The van der Waals surface area contributed by atoms with Crippen LogP contribution in [-0.4, -0.2) is 51.9 Å². The van der Waals surface area contributed by atoms with Crippen molar-refractivity contribution in [3.8, 4) is 11.6 Å². The fourth-order valence-corrected chi connectivity index (χ4v) is 5.02. The van der Waals surface area contributed by atoms with Crippen molar-refractivity contribution < 1.29 is 36.6 Å². The summed E-state index contributed by atoms with van der Waals surface area (Å²) in [6, 6.07) is 2.65. The summed E-state index contributed by atoms with van der Waals surface area (Å²) < 4.78 is 68.0. The van der Waals surface area contributed by atoms with E-state index in [2.05, 4.69) is 22.1 Å². The molecule has 0 saturated heterocycles. The molecular weight excluding hydrogens is 546 g/mol. The van der Waals surface area contributed by atoms with Crippen molar-refractivity contribution in [3.05, 3.63) is 59.3 Å². The fraction of sp³-hybridized carbons (Fsp3) is 0.464. The Morgan fingerprint density at radius 3 is 2.49 bits per heavy atom. The lowest BCUT2D eigenvalue weighted by atomic mass is 9.82. The molecule has 2 aromatic heterocycles. The molecular formula is C28H31F4N5O4. The minimum Gasteiger partial charge on any atom is -0.435 e. The number of rotatable bonds is 10. The summed E-state index contributed by atoms with van der Waals surface area (Å²) in [5.74, 6) is -2.82. The molecule has 4 rings (SSSR count). The Bertz CT molecular complexity index is 1360. The monoisotopic (exact) mass is 577 g/mol. The molecule has 0 unspecified atom stereocenters. The van der Waals surface area contributed by atoms with Crippen LogP contribution in [0.5, 0.6) is 11.6 Å². The molecule has 0 aliphatic heterocycles. The van der Waals surface area contributed by atoms with Gasteiger partial charge in [0, 0.05) is 19.2 Å². The van der Waals surface area contributed by atoms with E-state index in [9.17, 15) is 22.8 Å². The highest BCUT2D eigenvalue weighted by Crippen LogP contribution is 2.40. The predicted molar refractivity (Wildman–Crippen MR) is 140 cm³/mol. The molecule has 3 aromatic rings. The van der Waals surface area contributed by atoms with Gasteiger partial charge in [0.1, 0.15) is 5.56 Å². The number of hydrogen-bond donors (Lipinski definition) is 0. The number of benzene rings is 1. The van der Waals surface area contributed by atoms with E-state index in [0.29, 0.717) is 18.8 Å². The van der Waals surface area contributed by atoms with Crippen LogP contribution in [0.3, 0.4) is 0 Å². The van der Waals surface area contributed by atoms with Gasteiger partial charge < -0.3 is 14.4 Å². The van der Waals surface area contributed by atoms with Crippen LogP contribution >= 0.6 is 0 Å². The van der Waals surface area contributed by atoms with E-state index in [4.69, 9.17) is 9.47 Å². The lowest BCUT2D eigenvalue weighted by molar-refractivity contribution is -0.139. The predicted octanol–water partition coefficient (Wildman–Crippen LogP) is 5.68. The van der Waals surface area contributed by atoms with Gasteiger partial charge in [0.05, 0.1) is 42.8 Å². The molecule has 1 fully saturated rings. The quantitative estimate of drug-likeness (QED) is 0.226. The van der Waals surface area contributed by atoms with Crippen LogP contribution in [0.25, 0.3) is 0 Å². The summed E-state index contributed by atoms with van der Waals surface area (Å²) in [5, 5.41) is 7.73. The van der Waals surface area contributed by atoms with Gasteiger partial charge in [0.2, 0.25) is 11.8 Å². The molecule has 0 spiro atoms. The van der Waals surface area contributed by atoms with Crippen LogP contribution in [-0.2, 0) is 22.3 Å². The zero-order chi connectivity index (χ0) is 29.7. The van der Waals surface area contributed by atoms with Crippen LogP contribution in [0.1, 0.15) is 61.0 Å². The fourth-order valence-electron chi connectivity index (χ4n) is 5.02. The molecule has 41 heavy (non-hydrogen) atoms. The molecule has 1 amide bonds. The average Bonchev–Trinajstić information content (AvgIpc) is 3.44. The maximum absolute atomic E-state index is 15.7. The van der Waals surface area contributed by atoms with Crippen LogP contribution in [0.2, 0.25) is 0 Å². The summed E-state index contributed by atoms with van der Waals surface area (Å²) in [4.78, 5) is 32.1. The lowest BCUT2D eigenvalue weighted by Gasteiger charge is -2.35. The lowest BCUT2D eigenvalue weighted by Crippen LogP contribution is -2.45.